The molecule has 0 bridgehead atoms. The van der Waals surface area contributed by atoms with Gasteiger partial charge in [-0.15, -0.1) is 10.2 Å². The van der Waals surface area contributed by atoms with Gasteiger partial charge in [0.1, 0.15) is 11.4 Å². The molecule has 8 heteroatoms. The summed E-state index contributed by atoms with van der Waals surface area (Å²) in [5.41, 5.74) is 0.311. The van der Waals surface area contributed by atoms with Crippen LogP contribution in [-0.4, -0.2) is 44.4 Å². The lowest BCUT2D eigenvalue weighted by molar-refractivity contribution is 0.0527. The molecule has 152 valence electrons. The van der Waals surface area contributed by atoms with Gasteiger partial charge in [-0.05, 0) is 59.8 Å². The third kappa shape index (κ3) is 4.99. The first-order valence-corrected chi connectivity index (χ1v) is 9.98. The van der Waals surface area contributed by atoms with E-state index in [-0.39, 0.29) is 6.09 Å². The summed E-state index contributed by atoms with van der Waals surface area (Å²) in [5.74, 6) is 1.65. The summed E-state index contributed by atoms with van der Waals surface area (Å²) in [6.07, 6.45) is 8.92. The molecule has 0 aromatic carbocycles. The van der Waals surface area contributed by atoms with Crippen LogP contribution in [0.2, 0.25) is 0 Å². The smallest absolute Gasteiger partial charge is 0.407 e. The molecule has 0 saturated carbocycles. The first-order chi connectivity index (χ1) is 13.3. The Morgan fingerprint density at radius 2 is 1.89 bits per heavy atom. The van der Waals surface area contributed by atoms with Gasteiger partial charge in [-0.3, -0.25) is 4.40 Å². The zero-order chi connectivity index (χ0) is 20.1. The summed E-state index contributed by atoms with van der Waals surface area (Å²) >= 11 is 0. The van der Waals surface area contributed by atoms with E-state index in [0.717, 1.165) is 66.6 Å². The van der Waals surface area contributed by atoms with Crippen LogP contribution in [-0.2, 0) is 4.74 Å². The van der Waals surface area contributed by atoms with Gasteiger partial charge in [0.15, 0.2) is 5.82 Å². The number of unbranched alkanes of at least 4 members (excludes halogenated alkanes) is 2. The summed E-state index contributed by atoms with van der Waals surface area (Å²) in [7, 11) is 0. The van der Waals surface area contributed by atoms with Gasteiger partial charge < -0.3 is 15.4 Å². The summed E-state index contributed by atoms with van der Waals surface area (Å²) in [4.78, 5) is 16.4. The van der Waals surface area contributed by atoms with Gasteiger partial charge in [-0.1, -0.05) is 12.2 Å². The van der Waals surface area contributed by atoms with Crippen LogP contribution in [0.5, 0.6) is 0 Å². The van der Waals surface area contributed by atoms with Gasteiger partial charge in [0.25, 0.3) is 0 Å². The lowest BCUT2D eigenvalue weighted by atomic mass is 10.2. The highest BCUT2D eigenvalue weighted by molar-refractivity contribution is 5.67. The normalized spacial score (nSPS) is 13.4. The lowest BCUT2D eigenvalue weighted by Gasteiger charge is -2.19. The van der Waals surface area contributed by atoms with Crippen LogP contribution >= 0.6 is 0 Å². The summed E-state index contributed by atoms with van der Waals surface area (Å²) in [6.45, 7) is 8.95. The second-order valence-electron chi connectivity index (χ2n) is 8.04. The topological polar surface area (TPSA) is 93.4 Å². The van der Waals surface area contributed by atoms with Crippen LogP contribution in [0, 0.1) is 6.92 Å². The Kier molecular flexibility index (Phi) is 6.16. The average molecular weight is 387 g/mol. The molecule has 0 unspecified atom stereocenters. The molecule has 0 fully saturated rings. The molecule has 2 N–H and O–H groups in total. The number of amides is 1. The number of aryl methyl sites for hydroxylation is 1. The molecule has 1 aliphatic rings. The molecule has 2 aromatic rings. The minimum absolute atomic E-state index is 0.360. The Morgan fingerprint density at radius 3 is 2.68 bits per heavy atom. The Morgan fingerprint density at radius 1 is 1.14 bits per heavy atom. The number of hydrogen-bond acceptors (Lipinski definition) is 6. The van der Waals surface area contributed by atoms with Crippen molar-refractivity contribution >= 4 is 29.7 Å². The zero-order valence-electron chi connectivity index (χ0n) is 17.2. The quantitative estimate of drug-likeness (QED) is 0.706. The molecule has 0 spiro atoms. The number of rotatable bonds is 7. The SMILES string of the molecule is Cc1nnc2c(NCCCCCNC(=O)OC(C)(C)C)nc3c(n12)=CCCC=3. The fraction of sp³-hybridized carbons (Fsp3) is 0.600. The van der Waals surface area contributed by atoms with E-state index in [2.05, 4.69) is 37.4 Å². The fourth-order valence-corrected chi connectivity index (χ4v) is 3.19. The number of anilines is 1. The van der Waals surface area contributed by atoms with Crippen LogP contribution in [0.15, 0.2) is 0 Å². The molecule has 28 heavy (non-hydrogen) atoms. The Balaban J connectivity index is 1.49. The first kappa shape index (κ1) is 20.1. The third-order valence-electron chi connectivity index (χ3n) is 4.43. The van der Waals surface area contributed by atoms with Crippen LogP contribution in [0.3, 0.4) is 0 Å². The zero-order valence-corrected chi connectivity index (χ0v) is 17.2. The van der Waals surface area contributed by atoms with Crippen LogP contribution in [0.25, 0.3) is 17.8 Å². The van der Waals surface area contributed by atoms with E-state index in [1.54, 1.807) is 0 Å². The van der Waals surface area contributed by atoms with E-state index < -0.39 is 5.60 Å². The molecule has 0 atom stereocenters. The molecular formula is C20H30N6O2. The van der Waals surface area contributed by atoms with Crippen LogP contribution in [0.4, 0.5) is 10.6 Å². The predicted molar refractivity (Wildman–Crippen MR) is 110 cm³/mol. The molecule has 2 aromatic heterocycles. The Labute approximate surface area is 165 Å². The number of carbonyl (C=O) groups is 1. The number of nitrogens with zero attached hydrogens (tertiary/aromatic N) is 4. The molecule has 1 aliphatic carbocycles. The van der Waals surface area contributed by atoms with Crippen LogP contribution < -0.4 is 21.3 Å². The standard InChI is InChI=1S/C20H30N6O2/c1-14-24-25-18-17(23-15-10-6-7-11-16(15)26(14)18)21-12-8-5-9-13-22-19(27)28-20(2,3)4/h10-11H,5-9,12-13H2,1-4H3,(H,21,23)(H,22,27). The van der Waals surface area contributed by atoms with Crippen molar-refractivity contribution in [3.05, 3.63) is 16.5 Å². The number of alkyl carbamates (subject to hydrolysis) is 1. The third-order valence-corrected chi connectivity index (χ3v) is 4.43. The number of ether oxygens (including phenoxy) is 1. The molecule has 3 rings (SSSR count). The predicted octanol–water partition coefficient (Wildman–Crippen LogP) is 1.89. The minimum atomic E-state index is -0.462. The number of nitrogens with one attached hydrogen (secondary N) is 2. The van der Waals surface area contributed by atoms with Crippen molar-refractivity contribution in [2.45, 2.75) is 65.4 Å². The number of hydrogen-bond donors (Lipinski definition) is 2. The van der Waals surface area contributed by atoms with E-state index >= 15 is 0 Å². The van der Waals surface area contributed by atoms with Crippen molar-refractivity contribution in [1.29, 1.82) is 0 Å². The molecule has 0 saturated heterocycles. The minimum Gasteiger partial charge on any atom is -0.444 e. The van der Waals surface area contributed by atoms with Crippen molar-refractivity contribution in [3.63, 3.8) is 0 Å². The highest BCUT2D eigenvalue weighted by atomic mass is 16.6. The van der Waals surface area contributed by atoms with Crippen molar-refractivity contribution in [2.75, 3.05) is 18.4 Å². The second-order valence-corrected chi connectivity index (χ2v) is 8.04. The first-order valence-electron chi connectivity index (χ1n) is 9.98. The number of carbonyl (C=O) groups excluding carboxylic acids is 1. The Bertz CT molecular complexity index is 958. The highest BCUT2D eigenvalue weighted by Crippen LogP contribution is 2.10. The summed E-state index contributed by atoms with van der Waals surface area (Å²) in [6, 6.07) is 0. The summed E-state index contributed by atoms with van der Waals surface area (Å²) < 4.78 is 7.29. The van der Waals surface area contributed by atoms with Crippen molar-refractivity contribution in [2.24, 2.45) is 0 Å². The van der Waals surface area contributed by atoms with Crippen LogP contribution in [0.1, 0.15) is 58.7 Å². The maximum Gasteiger partial charge on any atom is 0.407 e. The van der Waals surface area contributed by atoms with Gasteiger partial charge in [0, 0.05) is 13.1 Å². The molecule has 0 aliphatic heterocycles. The van der Waals surface area contributed by atoms with Gasteiger partial charge in [-0.25, -0.2) is 9.78 Å². The van der Waals surface area contributed by atoms with E-state index in [1.807, 2.05) is 27.7 Å². The maximum absolute atomic E-state index is 11.6. The molecule has 8 nitrogen and oxygen atoms in total. The average Bonchev–Trinajstić information content (AvgIpc) is 3.02. The molecule has 1 amide bonds. The second kappa shape index (κ2) is 8.58. The number of fused-ring (bicyclic) bond motifs is 3. The highest BCUT2D eigenvalue weighted by Gasteiger charge is 2.15. The van der Waals surface area contributed by atoms with Gasteiger partial charge >= 0.3 is 6.09 Å². The van der Waals surface area contributed by atoms with Crippen molar-refractivity contribution in [1.82, 2.24) is 24.9 Å². The van der Waals surface area contributed by atoms with Gasteiger partial charge in [0.2, 0.25) is 5.65 Å². The van der Waals surface area contributed by atoms with Crippen molar-refractivity contribution < 1.29 is 9.53 Å². The monoisotopic (exact) mass is 386 g/mol. The van der Waals surface area contributed by atoms with Gasteiger partial charge in [0.05, 0.1) is 10.7 Å². The van der Waals surface area contributed by atoms with E-state index in [1.165, 1.54) is 0 Å². The largest absolute Gasteiger partial charge is 0.444 e. The Hall–Kier alpha value is -2.64. The van der Waals surface area contributed by atoms with Gasteiger partial charge in [-0.2, -0.15) is 0 Å². The maximum atomic E-state index is 11.6. The van der Waals surface area contributed by atoms with E-state index in [4.69, 9.17) is 9.72 Å². The van der Waals surface area contributed by atoms with E-state index in [0.29, 0.717) is 6.54 Å². The fourth-order valence-electron chi connectivity index (χ4n) is 3.19. The van der Waals surface area contributed by atoms with Crippen molar-refractivity contribution in [3.8, 4) is 0 Å². The molecule has 0 radical (unpaired) electrons. The summed E-state index contributed by atoms with van der Waals surface area (Å²) in [5, 5.41) is 16.8. The number of aromatic nitrogens is 4. The molecule has 2 heterocycles. The van der Waals surface area contributed by atoms with E-state index in [9.17, 15) is 4.79 Å². The lowest BCUT2D eigenvalue weighted by Crippen LogP contribution is -2.37. The molecular weight excluding hydrogens is 356 g/mol.